The Morgan fingerprint density at radius 3 is 2.79 bits per heavy atom. The van der Waals surface area contributed by atoms with Crippen molar-refractivity contribution in [1.82, 2.24) is 5.32 Å². The van der Waals surface area contributed by atoms with Gasteiger partial charge in [0.15, 0.2) is 12.5 Å². The fourth-order valence-electron chi connectivity index (χ4n) is 2.93. The number of amides is 1. The topological polar surface area (TPSA) is 126 Å². The van der Waals surface area contributed by atoms with Crippen LogP contribution in [0.1, 0.15) is 18.8 Å². The van der Waals surface area contributed by atoms with E-state index >= 15 is 0 Å². The van der Waals surface area contributed by atoms with Gasteiger partial charge < -0.3 is 24.6 Å². The number of hydrogen-bond acceptors (Lipinski definition) is 6. The summed E-state index contributed by atoms with van der Waals surface area (Å²) in [7, 11) is 0. The number of aliphatic hydroxyl groups excluding tert-OH is 1. The number of ether oxygens (including phenoxy) is 3. The second kappa shape index (κ2) is 7.16. The van der Waals surface area contributed by atoms with E-state index in [1.807, 2.05) is 30.3 Å². The average molecular weight is 334 g/mol. The molecule has 2 aliphatic rings. The average Bonchev–Trinajstić information content (AvgIpc) is 2.59. The fourth-order valence-corrected chi connectivity index (χ4v) is 2.93. The Labute approximate surface area is 138 Å². The molecule has 2 aliphatic heterocycles. The quantitative estimate of drug-likeness (QED) is 0.484. The zero-order valence-corrected chi connectivity index (χ0v) is 13.0. The van der Waals surface area contributed by atoms with Gasteiger partial charge in [0.25, 0.3) is 0 Å². The summed E-state index contributed by atoms with van der Waals surface area (Å²) in [5, 5.41) is 16.7. The van der Waals surface area contributed by atoms with E-state index in [9.17, 15) is 9.90 Å². The number of aliphatic hydroxyl groups is 1. The van der Waals surface area contributed by atoms with E-state index in [0.29, 0.717) is 0 Å². The minimum absolute atomic E-state index is 0.172. The smallest absolute Gasteiger partial charge is 0.217 e. The van der Waals surface area contributed by atoms with E-state index in [1.54, 1.807) is 0 Å². The Hall–Kier alpha value is -2.16. The highest BCUT2D eigenvalue weighted by atomic mass is 16.7. The molecule has 9 heteroatoms. The van der Waals surface area contributed by atoms with Crippen LogP contribution < -0.4 is 5.32 Å². The van der Waals surface area contributed by atoms with Gasteiger partial charge in [-0.1, -0.05) is 35.4 Å². The van der Waals surface area contributed by atoms with Crippen molar-refractivity contribution in [3.8, 4) is 0 Å². The molecule has 0 aliphatic carbocycles. The molecule has 0 radical (unpaired) electrons. The highest BCUT2D eigenvalue weighted by Gasteiger charge is 2.49. The maximum absolute atomic E-state index is 11.4. The molecule has 1 amide bonds. The number of nitrogens with one attached hydrogen (secondary N) is 1. The summed E-state index contributed by atoms with van der Waals surface area (Å²) in [6.07, 6.45) is -4.08. The van der Waals surface area contributed by atoms with E-state index in [2.05, 4.69) is 15.3 Å². The van der Waals surface area contributed by atoms with E-state index in [-0.39, 0.29) is 12.5 Å². The molecule has 6 unspecified atom stereocenters. The second-order valence-corrected chi connectivity index (χ2v) is 5.66. The van der Waals surface area contributed by atoms with Crippen LogP contribution >= 0.6 is 0 Å². The number of carbonyl (C=O) groups is 1. The summed E-state index contributed by atoms with van der Waals surface area (Å²) < 4.78 is 17.1. The summed E-state index contributed by atoms with van der Waals surface area (Å²) in [6, 6.07) is 8.42. The Morgan fingerprint density at radius 1 is 1.38 bits per heavy atom. The van der Waals surface area contributed by atoms with Gasteiger partial charge in [0, 0.05) is 17.4 Å². The maximum atomic E-state index is 11.4. The van der Waals surface area contributed by atoms with Gasteiger partial charge >= 0.3 is 0 Å². The molecular formula is C15H18N4O5. The Bertz CT molecular complexity index is 636. The van der Waals surface area contributed by atoms with Gasteiger partial charge in [0.05, 0.1) is 12.6 Å². The molecule has 24 heavy (non-hydrogen) atoms. The first kappa shape index (κ1) is 16.7. The first-order valence-electron chi connectivity index (χ1n) is 7.57. The molecule has 1 aromatic carbocycles. The zero-order chi connectivity index (χ0) is 17.1. The largest absolute Gasteiger partial charge is 0.388 e. The maximum Gasteiger partial charge on any atom is 0.217 e. The lowest BCUT2D eigenvalue weighted by atomic mass is 9.95. The second-order valence-electron chi connectivity index (χ2n) is 5.66. The molecule has 6 atom stereocenters. The molecule has 128 valence electrons. The van der Waals surface area contributed by atoms with Crippen LogP contribution in [0.2, 0.25) is 0 Å². The van der Waals surface area contributed by atoms with E-state index < -0.39 is 36.9 Å². The molecular weight excluding hydrogens is 316 g/mol. The molecule has 2 saturated heterocycles. The van der Waals surface area contributed by atoms with Crippen LogP contribution in [0.25, 0.3) is 10.4 Å². The predicted molar refractivity (Wildman–Crippen MR) is 81.4 cm³/mol. The standard InChI is InChI=1S/C15H18N4O5/c1-8(20)17-11-12(21)13-10(23-14(11)18-19-16)7-22-15(24-13)9-5-3-2-4-6-9/h2-6,10-15,21H,7H2,1H3,(H,17,20). The number of nitrogens with zero attached hydrogens (tertiary/aromatic N) is 3. The molecule has 0 aromatic heterocycles. The molecule has 1 aromatic rings. The van der Waals surface area contributed by atoms with Crippen molar-refractivity contribution in [3.05, 3.63) is 46.3 Å². The van der Waals surface area contributed by atoms with Crippen LogP contribution in [-0.2, 0) is 19.0 Å². The summed E-state index contributed by atoms with van der Waals surface area (Å²) >= 11 is 0. The highest BCUT2D eigenvalue weighted by Crippen LogP contribution is 2.34. The van der Waals surface area contributed by atoms with E-state index in [4.69, 9.17) is 19.7 Å². The van der Waals surface area contributed by atoms with Crippen molar-refractivity contribution in [3.63, 3.8) is 0 Å². The molecule has 2 heterocycles. The third kappa shape index (κ3) is 3.35. The molecule has 0 saturated carbocycles. The number of benzene rings is 1. The first-order chi connectivity index (χ1) is 11.6. The lowest BCUT2D eigenvalue weighted by Crippen LogP contribution is -2.65. The van der Waals surface area contributed by atoms with Gasteiger partial charge in [0.1, 0.15) is 18.3 Å². The number of hydrogen-bond donors (Lipinski definition) is 2. The molecule has 0 spiro atoms. The Morgan fingerprint density at radius 2 is 2.12 bits per heavy atom. The van der Waals surface area contributed by atoms with Gasteiger partial charge in [-0.05, 0) is 5.53 Å². The van der Waals surface area contributed by atoms with Gasteiger partial charge in [-0.2, -0.15) is 0 Å². The van der Waals surface area contributed by atoms with Gasteiger partial charge in [-0.25, -0.2) is 0 Å². The van der Waals surface area contributed by atoms with Crippen LogP contribution in [0.4, 0.5) is 0 Å². The number of rotatable bonds is 3. The van der Waals surface area contributed by atoms with Gasteiger partial charge in [-0.15, -0.1) is 0 Å². The highest BCUT2D eigenvalue weighted by molar-refractivity contribution is 5.73. The fraction of sp³-hybridized carbons (Fsp3) is 0.533. The summed E-state index contributed by atoms with van der Waals surface area (Å²) in [6.45, 7) is 1.48. The van der Waals surface area contributed by atoms with E-state index in [0.717, 1.165) is 5.56 Å². The summed E-state index contributed by atoms with van der Waals surface area (Å²) in [4.78, 5) is 14.1. The van der Waals surface area contributed by atoms with Crippen molar-refractivity contribution < 1.29 is 24.1 Å². The van der Waals surface area contributed by atoms with Crippen molar-refractivity contribution in [2.45, 2.75) is 43.8 Å². The minimum atomic E-state index is -1.10. The molecule has 2 N–H and O–H groups in total. The molecule has 0 bridgehead atoms. The third-order valence-corrected chi connectivity index (χ3v) is 3.99. The van der Waals surface area contributed by atoms with Gasteiger partial charge in [0.2, 0.25) is 5.91 Å². The van der Waals surface area contributed by atoms with Crippen molar-refractivity contribution in [2.24, 2.45) is 5.11 Å². The van der Waals surface area contributed by atoms with E-state index in [1.165, 1.54) is 6.92 Å². The van der Waals surface area contributed by atoms with Crippen molar-refractivity contribution in [2.75, 3.05) is 6.61 Å². The molecule has 9 nitrogen and oxygen atoms in total. The van der Waals surface area contributed by atoms with Crippen LogP contribution in [0, 0.1) is 0 Å². The molecule has 3 rings (SSSR count). The Kier molecular flexibility index (Phi) is 4.98. The minimum Gasteiger partial charge on any atom is -0.388 e. The number of carbonyl (C=O) groups excluding carboxylic acids is 1. The van der Waals surface area contributed by atoms with Gasteiger partial charge in [-0.3, -0.25) is 4.79 Å². The third-order valence-electron chi connectivity index (χ3n) is 3.99. The normalized spacial score (nSPS) is 35.4. The van der Waals surface area contributed by atoms with Crippen LogP contribution in [-0.4, -0.2) is 48.2 Å². The van der Waals surface area contributed by atoms with Crippen LogP contribution in [0.15, 0.2) is 35.4 Å². The first-order valence-corrected chi connectivity index (χ1v) is 7.57. The monoisotopic (exact) mass is 334 g/mol. The van der Waals surface area contributed by atoms with Crippen molar-refractivity contribution in [1.29, 1.82) is 0 Å². The summed E-state index contributed by atoms with van der Waals surface area (Å²) in [5.41, 5.74) is 9.48. The van der Waals surface area contributed by atoms with Crippen molar-refractivity contribution >= 4 is 5.91 Å². The number of fused-ring (bicyclic) bond motifs is 1. The lowest BCUT2D eigenvalue weighted by molar-refractivity contribution is -0.314. The van der Waals surface area contributed by atoms with Crippen LogP contribution in [0.3, 0.4) is 0 Å². The number of azide groups is 1. The SMILES string of the molecule is CC(=O)NC1C(N=[N+]=[N-])OC2COC(c3ccccc3)OC2C1O. The molecule has 2 fully saturated rings. The lowest BCUT2D eigenvalue weighted by Gasteiger charge is -2.47. The predicted octanol–water partition coefficient (Wildman–Crippen LogP) is 1.00. The Balaban J connectivity index is 1.79. The zero-order valence-electron chi connectivity index (χ0n) is 13.0. The van der Waals surface area contributed by atoms with Crippen LogP contribution in [0.5, 0.6) is 0 Å². The summed E-state index contributed by atoms with van der Waals surface area (Å²) in [5.74, 6) is -0.370.